The second-order valence-corrected chi connectivity index (χ2v) is 13.6. The fourth-order valence-corrected chi connectivity index (χ4v) is 6.20. The number of rotatable bonds is 4. The van der Waals surface area contributed by atoms with Crippen LogP contribution in [0.1, 0.15) is 54.6 Å². The van der Waals surface area contributed by atoms with Gasteiger partial charge in [0.15, 0.2) is 5.82 Å². The van der Waals surface area contributed by atoms with Crippen LogP contribution >= 0.6 is 0 Å². The van der Waals surface area contributed by atoms with E-state index in [0.717, 1.165) is 37.4 Å². The van der Waals surface area contributed by atoms with Crippen LogP contribution in [0.3, 0.4) is 0 Å². The Morgan fingerprint density at radius 1 is 1.10 bits per heavy atom. The van der Waals surface area contributed by atoms with Gasteiger partial charge in [-0.3, -0.25) is 9.48 Å². The number of amides is 1. The highest BCUT2D eigenvalue weighted by molar-refractivity contribution is 7.89. The first-order valence-electron chi connectivity index (χ1n) is 13.7. The largest absolute Gasteiger partial charge is 0.476 e. The van der Waals surface area contributed by atoms with Crippen LogP contribution in [-0.2, 0) is 16.6 Å². The van der Waals surface area contributed by atoms with E-state index in [1.165, 1.54) is 36.4 Å². The predicted octanol–water partition coefficient (Wildman–Crippen LogP) is 4.13. The maximum Gasteiger partial charge on any atom is 0.397 e. The standard InChI is InChI=1S/C27H34F3N7O4S/c1-17-18(2)23(37-12-9-21(33-37)41-16-26(3,4)27(28,29)30)32-24-22(17)25(38)34(5)42(39,40)20-13-31-36(15-20)10-6-7-19-8-11-35(24)14-19/h9,12-13,15,19H,6-8,10-11,14,16H2,1-5H3. The van der Waals surface area contributed by atoms with Gasteiger partial charge in [-0.1, -0.05) is 0 Å². The first-order chi connectivity index (χ1) is 19.6. The predicted molar refractivity (Wildman–Crippen MR) is 147 cm³/mol. The summed E-state index contributed by atoms with van der Waals surface area (Å²) in [6.07, 6.45) is 2.37. The van der Waals surface area contributed by atoms with Crippen molar-refractivity contribution in [1.29, 1.82) is 0 Å². The van der Waals surface area contributed by atoms with Crippen molar-refractivity contribution in [2.75, 3.05) is 31.6 Å². The molecule has 3 aromatic heterocycles. The third-order valence-corrected chi connectivity index (χ3v) is 9.88. The van der Waals surface area contributed by atoms with Gasteiger partial charge in [0.05, 0.1) is 17.2 Å². The molecule has 1 fully saturated rings. The van der Waals surface area contributed by atoms with Gasteiger partial charge >= 0.3 is 6.18 Å². The maximum absolute atomic E-state index is 13.9. The summed E-state index contributed by atoms with van der Waals surface area (Å²) in [5.41, 5.74) is -0.829. The van der Waals surface area contributed by atoms with Crippen molar-refractivity contribution in [3.05, 3.63) is 41.3 Å². The minimum absolute atomic E-state index is 0.00468. The van der Waals surface area contributed by atoms with E-state index in [4.69, 9.17) is 9.72 Å². The van der Waals surface area contributed by atoms with E-state index >= 15 is 0 Å². The lowest BCUT2D eigenvalue weighted by Crippen LogP contribution is -2.37. The summed E-state index contributed by atoms with van der Waals surface area (Å²) in [6.45, 7) is 6.76. The number of halogens is 3. The molecule has 0 aliphatic carbocycles. The summed E-state index contributed by atoms with van der Waals surface area (Å²) >= 11 is 0. The zero-order valence-corrected chi connectivity index (χ0v) is 25.0. The van der Waals surface area contributed by atoms with Crippen molar-refractivity contribution < 1.29 is 31.1 Å². The minimum atomic E-state index is -4.45. The molecule has 5 rings (SSSR count). The van der Waals surface area contributed by atoms with Crippen LogP contribution in [0, 0.1) is 25.2 Å². The SMILES string of the molecule is Cc1c(-n2ccc(OCC(C)(C)C(F)(F)F)n2)nc2c(c1C)C(=O)N(C)S(=O)(=O)c1cnn(c1)CCCC1CCN2C1. The van der Waals surface area contributed by atoms with Crippen LogP contribution in [0.5, 0.6) is 5.88 Å². The molecule has 2 aliphatic heterocycles. The molecule has 228 valence electrons. The van der Waals surface area contributed by atoms with Gasteiger partial charge in [0, 0.05) is 45.1 Å². The Kier molecular flexibility index (Phi) is 7.52. The highest BCUT2D eigenvalue weighted by atomic mass is 32.2. The van der Waals surface area contributed by atoms with E-state index in [1.807, 2.05) is 4.90 Å². The molecular weight excluding hydrogens is 575 g/mol. The van der Waals surface area contributed by atoms with Gasteiger partial charge in [-0.15, -0.1) is 5.10 Å². The first kappa shape index (κ1) is 29.9. The van der Waals surface area contributed by atoms with E-state index < -0.39 is 34.1 Å². The number of nitrogens with zero attached hydrogens (tertiary/aromatic N) is 7. The highest BCUT2D eigenvalue weighted by Crippen LogP contribution is 2.38. The lowest BCUT2D eigenvalue weighted by atomic mass is 9.94. The molecule has 2 aliphatic rings. The molecule has 0 spiro atoms. The van der Waals surface area contributed by atoms with Gasteiger partial charge < -0.3 is 9.64 Å². The average molecular weight is 610 g/mol. The zero-order valence-electron chi connectivity index (χ0n) is 24.1. The Balaban J connectivity index is 1.56. The Morgan fingerprint density at radius 3 is 2.55 bits per heavy atom. The third kappa shape index (κ3) is 5.34. The molecule has 3 aromatic rings. The number of ether oxygens (including phenoxy) is 1. The number of aromatic nitrogens is 5. The van der Waals surface area contributed by atoms with E-state index in [1.54, 1.807) is 18.5 Å². The molecular formula is C27H34F3N7O4S. The second kappa shape index (κ2) is 10.6. The van der Waals surface area contributed by atoms with Crippen LogP contribution in [0.4, 0.5) is 19.0 Å². The fourth-order valence-electron chi connectivity index (χ4n) is 5.14. The lowest BCUT2D eigenvalue weighted by molar-refractivity contribution is -0.219. The summed E-state index contributed by atoms with van der Waals surface area (Å²) in [5.74, 6) is 0.319. The van der Waals surface area contributed by atoms with Gasteiger partial charge in [0.25, 0.3) is 15.9 Å². The molecule has 0 N–H and O–H groups in total. The molecule has 1 saturated heterocycles. The smallest absolute Gasteiger partial charge is 0.397 e. The fraction of sp³-hybridized carbons (Fsp3) is 0.556. The van der Waals surface area contributed by atoms with Crippen LogP contribution in [0.2, 0.25) is 0 Å². The number of fused-ring (bicyclic) bond motifs is 6. The van der Waals surface area contributed by atoms with Crippen molar-refractivity contribution in [1.82, 2.24) is 28.9 Å². The van der Waals surface area contributed by atoms with Gasteiger partial charge in [-0.25, -0.2) is 22.4 Å². The Morgan fingerprint density at radius 2 is 1.83 bits per heavy atom. The molecule has 42 heavy (non-hydrogen) atoms. The molecule has 0 aromatic carbocycles. The second-order valence-electron chi connectivity index (χ2n) is 11.6. The average Bonchev–Trinajstić information content (AvgIpc) is 3.69. The summed E-state index contributed by atoms with van der Waals surface area (Å²) in [4.78, 5) is 20.7. The number of sulfonamides is 1. The van der Waals surface area contributed by atoms with Crippen LogP contribution in [0.15, 0.2) is 29.6 Å². The highest BCUT2D eigenvalue weighted by Gasteiger charge is 2.48. The normalized spacial score (nSPS) is 19.5. The van der Waals surface area contributed by atoms with Crippen LogP contribution in [-0.4, -0.2) is 76.1 Å². The zero-order chi connectivity index (χ0) is 30.6. The Bertz CT molecular complexity index is 1610. The van der Waals surface area contributed by atoms with Gasteiger partial charge in [0.1, 0.15) is 17.3 Å². The molecule has 1 unspecified atom stereocenters. The van der Waals surface area contributed by atoms with Crippen molar-refractivity contribution in [3.63, 3.8) is 0 Å². The molecule has 4 bridgehead atoms. The van der Waals surface area contributed by atoms with Gasteiger partial charge in [-0.2, -0.15) is 18.3 Å². The number of anilines is 1. The molecule has 15 heteroatoms. The van der Waals surface area contributed by atoms with E-state index in [9.17, 15) is 26.4 Å². The number of alkyl halides is 3. The molecule has 1 atom stereocenters. The summed E-state index contributed by atoms with van der Waals surface area (Å²) in [6, 6.07) is 1.45. The molecule has 0 radical (unpaired) electrons. The monoisotopic (exact) mass is 609 g/mol. The van der Waals surface area contributed by atoms with Crippen molar-refractivity contribution in [2.45, 2.75) is 64.6 Å². The van der Waals surface area contributed by atoms with Gasteiger partial charge in [0.2, 0.25) is 5.88 Å². The minimum Gasteiger partial charge on any atom is -0.476 e. The van der Waals surface area contributed by atoms with Crippen molar-refractivity contribution in [2.24, 2.45) is 11.3 Å². The topological polar surface area (TPSA) is 115 Å². The van der Waals surface area contributed by atoms with Crippen LogP contribution < -0.4 is 9.64 Å². The first-order valence-corrected chi connectivity index (χ1v) is 15.1. The number of pyridine rings is 1. The number of carbonyl (C=O) groups excluding carboxylic acids is 1. The molecule has 0 saturated carbocycles. The maximum atomic E-state index is 13.9. The molecule has 11 nitrogen and oxygen atoms in total. The van der Waals surface area contributed by atoms with E-state index in [2.05, 4.69) is 10.2 Å². The molecule has 5 heterocycles. The van der Waals surface area contributed by atoms with Crippen molar-refractivity contribution in [3.8, 4) is 11.7 Å². The number of aryl methyl sites for hydroxylation is 1. The Hall–Kier alpha value is -3.62. The van der Waals surface area contributed by atoms with E-state index in [-0.39, 0.29) is 16.3 Å². The molecule has 1 amide bonds. The van der Waals surface area contributed by atoms with Crippen molar-refractivity contribution >= 4 is 21.7 Å². The summed E-state index contributed by atoms with van der Waals surface area (Å²) in [5, 5.41) is 8.50. The quantitative estimate of drug-likeness (QED) is 0.434. The summed E-state index contributed by atoms with van der Waals surface area (Å²) < 4.78 is 75.8. The number of hydrogen-bond acceptors (Lipinski definition) is 8. The van der Waals surface area contributed by atoms with E-state index in [0.29, 0.717) is 48.3 Å². The Labute approximate surface area is 242 Å². The van der Waals surface area contributed by atoms with Gasteiger partial charge in [-0.05, 0) is 64.0 Å². The van der Waals surface area contributed by atoms with Crippen LogP contribution in [0.25, 0.3) is 5.82 Å². The third-order valence-electron chi connectivity index (χ3n) is 8.19. The summed E-state index contributed by atoms with van der Waals surface area (Å²) in [7, 11) is -2.97. The lowest BCUT2D eigenvalue weighted by Gasteiger charge is -2.27. The number of hydrogen-bond donors (Lipinski definition) is 0. The number of carbonyl (C=O) groups is 1.